The zero-order valence-corrected chi connectivity index (χ0v) is 9.08. The number of aromatic carboxylic acids is 1. The van der Waals surface area contributed by atoms with Crippen LogP contribution < -0.4 is 4.74 Å². The molecular formula is C11H10N2O4. The standard InChI is InChI=1S/C11H10N2O4/c1-7-2-10(17-13-7)6-16-9-3-8(11(14)15)4-12-5-9/h2-5H,6H2,1H3,(H,14,15). The molecule has 2 rings (SSSR count). The van der Waals surface area contributed by atoms with Crippen molar-refractivity contribution in [3.63, 3.8) is 0 Å². The van der Waals surface area contributed by atoms with Crippen molar-refractivity contribution in [2.24, 2.45) is 0 Å². The van der Waals surface area contributed by atoms with Gasteiger partial charge in [0.15, 0.2) is 5.76 Å². The van der Waals surface area contributed by atoms with Crippen LogP contribution in [0.15, 0.2) is 29.0 Å². The van der Waals surface area contributed by atoms with Crippen molar-refractivity contribution in [1.82, 2.24) is 10.1 Å². The largest absolute Gasteiger partial charge is 0.484 e. The second-order valence-electron chi connectivity index (χ2n) is 3.44. The van der Waals surface area contributed by atoms with Gasteiger partial charge in [-0.05, 0) is 13.0 Å². The number of carboxylic acids is 1. The molecule has 0 aliphatic carbocycles. The van der Waals surface area contributed by atoms with Crippen LogP contribution in [0.2, 0.25) is 0 Å². The van der Waals surface area contributed by atoms with E-state index in [9.17, 15) is 4.79 Å². The van der Waals surface area contributed by atoms with Crippen molar-refractivity contribution in [2.45, 2.75) is 13.5 Å². The van der Waals surface area contributed by atoms with Gasteiger partial charge in [0.25, 0.3) is 0 Å². The number of pyridine rings is 1. The number of aryl methyl sites for hydroxylation is 1. The number of aromatic nitrogens is 2. The molecule has 0 radical (unpaired) electrons. The van der Waals surface area contributed by atoms with E-state index >= 15 is 0 Å². The first-order valence-corrected chi connectivity index (χ1v) is 4.88. The van der Waals surface area contributed by atoms with Gasteiger partial charge < -0.3 is 14.4 Å². The molecular weight excluding hydrogens is 224 g/mol. The Balaban J connectivity index is 2.04. The van der Waals surface area contributed by atoms with Gasteiger partial charge in [-0.1, -0.05) is 5.16 Å². The number of rotatable bonds is 4. The molecule has 88 valence electrons. The average Bonchev–Trinajstić information content (AvgIpc) is 2.73. The molecule has 0 aliphatic heterocycles. The fraction of sp³-hybridized carbons (Fsp3) is 0.182. The van der Waals surface area contributed by atoms with Gasteiger partial charge in [0.05, 0.1) is 17.5 Å². The molecule has 0 bridgehead atoms. The Hall–Kier alpha value is -2.37. The molecule has 0 atom stereocenters. The van der Waals surface area contributed by atoms with Gasteiger partial charge in [0.1, 0.15) is 12.4 Å². The van der Waals surface area contributed by atoms with Crippen molar-refractivity contribution >= 4 is 5.97 Å². The summed E-state index contributed by atoms with van der Waals surface area (Å²) >= 11 is 0. The minimum absolute atomic E-state index is 0.0799. The Kier molecular flexibility index (Phi) is 3.04. The van der Waals surface area contributed by atoms with Crippen LogP contribution >= 0.6 is 0 Å². The van der Waals surface area contributed by atoms with Gasteiger partial charge in [-0.2, -0.15) is 0 Å². The highest BCUT2D eigenvalue weighted by Crippen LogP contribution is 2.13. The van der Waals surface area contributed by atoms with Gasteiger partial charge in [-0.15, -0.1) is 0 Å². The summed E-state index contributed by atoms with van der Waals surface area (Å²) in [5, 5.41) is 12.5. The van der Waals surface area contributed by atoms with Gasteiger partial charge in [-0.3, -0.25) is 4.98 Å². The Morgan fingerprint density at radius 2 is 2.29 bits per heavy atom. The number of carboxylic acid groups (broad SMARTS) is 1. The maximum Gasteiger partial charge on any atom is 0.337 e. The van der Waals surface area contributed by atoms with Crippen LogP contribution in [0.3, 0.4) is 0 Å². The van der Waals surface area contributed by atoms with Crippen molar-refractivity contribution < 1.29 is 19.2 Å². The topological polar surface area (TPSA) is 85.5 Å². The molecule has 0 unspecified atom stereocenters. The van der Waals surface area contributed by atoms with E-state index in [1.165, 1.54) is 18.5 Å². The first-order valence-electron chi connectivity index (χ1n) is 4.88. The van der Waals surface area contributed by atoms with Gasteiger partial charge in [-0.25, -0.2) is 4.79 Å². The lowest BCUT2D eigenvalue weighted by Crippen LogP contribution is -1.99. The fourth-order valence-electron chi connectivity index (χ4n) is 1.25. The molecule has 2 aromatic heterocycles. The normalized spacial score (nSPS) is 10.2. The van der Waals surface area contributed by atoms with Crippen molar-refractivity contribution in [2.75, 3.05) is 0 Å². The second kappa shape index (κ2) is 4.65. The van der Waals surface area contributed by atoms with Crippen LogP contribution in [0.4, 0.5) is 0 Å². The molecule has 6 nitrogen and oxygen atoms in total. The lowest BCUT2D eigenvalue weighted by atomic mass is 10.3. The van der Waals surface area contributed by atoms with E-state index < -0.39 is 5.97 Å². The number of ether oxygens (including phenoxy) is 1. The lowest BCUT2D eigenvalue weighted by Gasteiger charge is -2.03. The highest BCUT2D eigenvalue weighted by Gasteiger charge is 2.06. The quantitative estimate of drug-likeness (QED) is 0.865. The first-order chi connectivity index (χ1) is 8.15. The predicted molar refractivity (Wildman–Crippen MR) is 56.8 cm³/mol. The van der Waals surface area contributed by atoms with Crippen molar-refractivity contribution in [1.29, 1.82) is 0 Å². The van der Waals surface area contributed by atoms with Crippen LogP contribution in [0.1, 0.15) is 21.8 Å². The number of nitrogens with zero attached hydrogens (tertiary/aromatic N) is 2. The average molecular weight is 234 g/mol. The van der Waals surface area contributed by atoms with Crippen molar-refractivity contribution in [3.05, 3.63) is 41.5 Å². The molecule has 0 aromatic carbocycles. The van der Waals surface area contributed by atoms with Crippen LogP contribution in [0, 0.1) is 6.92 Å². The highest BCUT2D eigenvalue weighted by molar-refractivity contribution is 5.87. The number of hydrogen-bond donors (Lipinski definition) is 1. The third-order valence-electron chi connectivity index (χ3n) is 2.02. The van der Waals surface area contributed by atoms with Crippen molar-refractivity contribution in [3.8, 4) is 5.75 Å². The smallest absolute Gasteiger partial charge is 0.337 e. The summed E-state index contributed by atoms with van der Waals surface area (Å²) in [6.07, 6.45) is 2.70. The van der Waals surface area contributed by atoms with Gasteiger partial charge in [0.2, 0.25) is 0 Å². The lowest BCUT2D eigenvalue weighted by molar-refractivity contribution is 0.0696. The summed E-state index contributed by atoms with van der Waals surface area (Å²) in [4.78, 5) is 14.5. The number of carbonyl (C=O) groups is 1. The summed E-state index contributed by atoms with van der Waals surface area (Å²) < 4.78 is 10.3. The Morgan fingerprint density at radius 3 is 2.94 bits per heavy atom. The Morgan fingerprint density at radius 1 is 1.47 bits per heavy atom. The van der Waals surface area contributed by atoms with Crippen LogP contribution in [0.25, 0.3) is 0 Å². The Bertz CT molecular complexity index is 536. The third-order valence-corrected chi connectivity index (χ3v) is 2.02. The van der Waals surface area contributed by atoms with E-state index in [2.05, 4.69) is 10.1 Å². The molecule has 6 heteroatoms. The second-order valence-corrected chi connectivity index (χ2v) is 3.44. The van der Waals surface area contributed by atoms with E-state index in [0.29, 0.717) is 11.5 Å². The zero-order valence-electron chi connectivity index (χ0n) is 9.08. The maximum atomic E-state index is 10.7. The summed E-state index contributed by atoms with van der Waals surface area (Å²) in [5.41, 5.74) is 0.845. The monoisotopic (exact) mass is 234 g/mol. The molecule has 17 heavy (non-hydrogen) atoms. The predicted octanol–water partition coefficient (Wildman–Crippen LogP) is 1.66. The first kappa shape index (κ1) is 11.1. The molecule has 0 saturated heterocycles. The Labute approximate surface area is 96.8 Å². The van der Waals surface area contributed by atoms with E-state index in [-0.39, 0.29) is 12.2 Å². The van der Waals surface area contributed by atoms with E-state index in [0.717, 1.165) is 5.69 Å². The zero-order chi connectivity index (χ0) is 12.3. The minimum Gasteiger partial charge on any atom is -0.484 e. The molecule has 2 aromatic rings. The van der Waals surface area contributed by atoms with Crippen LogP contribution in [-0.4, -0.2) is 21.2 Å². The maximum absolute atomic E-state index is 10.7. The SMILES string of the molecule is Cc1cc(COc2cncc(C(=O)O)c2)on1. The third kappa shape index (κ3) is 2.81. The molecule has 0 amide bonds. The fourth-order valence-corrected chi connectivity index (χ4v) is 1.25. The summed E-state index contributed by atoms with van der Waals surface area (Å²) in [5.74, 6) is -0.0966. The summed E-state index contributed by atoms with van der Waals surface area (Å²) in [7, 11) is 0. The summed E-state index contributed by atoms with van der Waals surface area (Å²) in [6.45, 7) is 1.99. The van der Waals surface area contributed by atoms with E-state index in [1.54, 1.807) is 13.0 Å². The van der Waals surface area contributed by atoms with Crippen LogP contribution in [0.5, 0.6) is 5.75 Å². The molecule has 0 spiro atoms. The van der Waals surface area contributed by atoms with Crippen LogP contribution in [-0.2, 0) is 6.61 Å². The van der Waals surface area contributed by atoms with E-state index in [4.69, 9.17) is 14.4 Å². The summed E-state index contributed by atoms with van der Waals surface area (Å²) in [6, 6.07) is 3.15. The minimum atomic E-state index is -1.04. The van der Waals surface area contributed by atoms with Gasteiger partial charge >= 0.3 is 5.97 Å². The molecule has 2 heterocycles. The highest BCUT2D eigenvalue weighted by atomic mass is 16.5. The molecule has 0 aliphatic rings. The molecule has 0 fully saturated rings. The number of hydrogen-bond acceptors (Lipinski definition) is 5. The molecule has 0 saturated carbocycles. The molecule has 1 N–H and O–H groups in total. The van der Waals surface area contributed by atoms with Gasteiger partial charge in [0, 0.05) is 12.3 Å². The van der Waals surface area contributed by atoms with E-state index in [1.807, 2.05) is 0 Å².